The largest absolute Gasteiger partial charge is 0.394 e. The van der Waals surface area contributed by atoms with Crippen molar-refractivity contribution in [2.45, 2.75) is 259 Å². The Balaban J connectivity index is 1.53. The van der Waals surface area contributed by atoms with E-state index < -0.39 is 124 Å². The third-order valence-corrected chi connectivity index (χ3v) is 13.3. The Kier molecular flexibility index (Phi) is 31.6. The van der Waals surface area contributed by atoms with Crippen LogP contribution >= 0.6 is 0 Å². The second kappa shape index (κ2) is 35.4. The van der Waals surface area contributed by atoms with E-state index in [1.807, 2.05) is 6.08 Å². The third kappa shape index (κ3) is 21.3. The van der Waals surface area contributed by atoms with Gasteiger partial charge in [-0.25, -0.2) is 0 Å². The fourth-order valence-electron chi connectivity index (χ4n) is 8.84. The summed E-state index contributed by atoms with van der Waals surface area (Å²) in [5.74, 6) is -0.289. The molecule has 19 heteroatoms. The zero-order valence-electron chi connectivity index (χ0n) is 41.3. The molecule has 3 heterocycles. The third-order valence-electron chi connectivity index (χ3n) is 13.3. The number of carbonyl (C=O) groups excluding carboxylic acids is 1. The standard InChI is InChI=1S/C50H91NO18/c1-3-5-7-9-11-13-14-15-16-17-18-19-20-22-24-26-28-38(56)51-33(34(55)27-25-23-21-12-10-8-6-4-2)32-64-48-44(62)41(59)46(36(30-53)66-48)69-50-45(63)42(60)47(37(31-54)67-50)68-49-43(61)40(58)39(57)35(29-52)65-49/h10,12,25,27,33-37,39-50,52-55,57-63H,3-9,11,13-24,26,28-32H2,1-2H3,(H,51,56)/b12-10+,27-25+. The molecule has 69 heavy (non-hydrogen) atoms. The van der Waals surface area contributed by atoms with Crippen molar-refractivity contribution in [1.82, 2.24) is 5.32 Å². The summed E-state index contributed by atoms with van der Waals surface area (Å²) in [6.45, 7) is 1.59. The van der Waals surface area contributed by atoms with E-state index in [0.717, 1.165) is 44.9 Å². The quantitative estimate of drug-likeness (QED) is 0.0316. The SMILES string of the molecule is CCCC/C=C/CC/C=C/C(O)C(COC1OC(CO)C(OC2OC(CO)C(OC3OC(CO)C(O)C(O)C3O)C(O)C2O)C(O)C1O)NC(=O)CCCCCCCCCCCCCCCCCC. The number of hydrogen-bond donors (Lipinski definition) is 12. The first-order chi connectivity index (χ1) is 33.3. The number of ether oxygens (including phenoxy) is 6. The highest BCUT2D eigenvalue weighted by Gasteiger charge is 2.53. The number of carbonyl (C=O) groups is 1. The highest BCUT2D eigenvalue weighted by atomic mass is 16.8. The molecule has 0 aromatic heterocycles. The van der Waals surface area contributed by atoms with Crippen molar-refractivity contribution in [3.63, 3.8) is 0 Å². The predicted octanol–water partition coefficient (Wildman–Crippen LogP) is 2.03. The van der Waals surface area contributed by atoms with Gasteiger partial charge in [-0.15, -0.1) is 0 Å². The lowest BCUT2D eigenvalue weighted by atomic mass is 9.96. The minimum atomic E-state index is -1.98. The molecule has 17 unspecified atom stereocenters. The Morgan fingerprint density at radius 2 is 0.928 bits per heavy atom. The van der Waals surface area contributed by atoms with Crippen LogP contribution in [0.3, 0.4) is 0 Å². The van der Waals surface area contributed by atoms with Gasteiger partial charge in [-0.3, -0.25) is 4.79 Å². The zero-order chi connectivity index (χ0) is 50.6. The van der Waals surface area contributed by atoms with Crippen molar-refractivity contribution >= 4 is 5.91 Å². The van der Waals surface area contributed by atoms with E-state index in [1.54, 1.807) is 6.08 Å². The molecular formula is C50H91NO18. The Morgan fingerprint density at radius 1 is 0.507 bits per heavy atom. The van der Waals surface area contributed by atoms with Crippen LogP contribution in [-0.4, -0.2) is 193 Å². The van der Waals surface area contributed by atoms with E-state index in [9.17, 15) is 61.0 Å². The van der Waals surface area contributed by atoms with Crippen molar-refractivity contribution in [2.24, 2.45) is 0 Å². The highest BCUT2D eigenvalue weighted by molar-refractivity contribution is 5.76. The van der Waals surface area contributed by atoms with Crippen molar-refractivity contribution < 1.29 is 89.4 Å². The maximum Gasteiger partial charge on any atom is 0.220 e. The van der Waals surface area contributed by atoms with Gasteiger partial charge in [0, 0.05) is 6.42 Å². The summed E-state index contributed by atoms with van der Waals surface area (Å²) in [6, 6.07) is -0.981. The molecule has 0 radical (unpaired) electrons. The van der Waals surface area contributed by atoms with Crippen molar-refractivity contribution in [3.8, 4) is 0 Å². The molecule has 404 valence electrons. The molecule has 17 atom stereocenters. The molecule has 3 rings (SSSR count). The fourth-order valence-corrected chi connectivity index (χ4v) is 8.84. The first-order valence-corrected chi connectivity index (χ1v) is 26.1. The summed E-state index contributed by atoms with van der Waals surface area (Å²) in [7, 11) is 0. The Bertz CT molecular complexity index is 1380. The van der Waals surface area contributed by atoms with Gasteiger partial charge in [-0.2, -0.15) is 0 Å². The van der Waals surface area contributed by atoms with Gasteiger partial charge in [0.05, 0.1) is 38.6 Å². The van der Waals surface area contributed by atoms with Gasteiger partial charge in [0.1, 0.15) is 73.2 Å². The Hall–Kier alpha value is -1.73. The van der Waals surface area contributed by atoms with Crippen molar-refractivity contribution in [3.05, 3.63) is 24.3 Å². The molecule has 3 saturated heterocycles. The lowest BCUT2D eigenvalue weighted by Gasteiger charge is -2.48. The van der Waals surface area contributed by atoms with Gasteiger partial charge < -0.3 is 89.9 Å². The maximum absolute atomic E-state index is 13.2. The highest BCUT2D eigenvalue weighted by Crippen LogP contribution is 2.33. The van der Waals surface area contributed by atoms with Gasteiger partial charge in [-0.05, 0) is 25.7 Å². The molecule has 3 fully saturated rings. The van der Waals surface area contributed by atoms with Gasteiger partial charge in [0.25, 0.3) is 0 Å². The van der Waals surface area contributed by atoms with Crippen LogP contribution in [0, 0.1) is 0 Å². The number of hydrogen-bond acceptors (Lipinski definition) is 18. The molecule has 0 saturated carbocycles. The van der Waals surface area contributed by atoms with Gasteiger partial charge >= 0.3 is 0 Å². The molecule has 0 aromatic rings. The summed E-state index contributed by atoms with van der Waals surface area (Å²) >= 11 is 0. The number of aliphatic hydroxyl groups is 11. The molecule has 12 N–H and O–H groups in total. The molecule has 3 aliphatic heterocycles. The van der Waals surface area contributed by atoms with Gasteiger partial charge in [0.2, 0.25) is 5.91 Å². The maximum atomic E-state index is 13.2. The summed E-state index contributed by atoms with van der Waals surface area (Å²) in [5, 5.41) is 119. The first-order valence-electron chi connectivity index (χ1n) is 26.1. The van der Waals surface area contributed by atoms with E-state index in [1.165, 1.54) is 77.0 Å². The van der Waals surface area contributed by atoms with Crippen LogP contribution < -0.4 is 5.32 Å². The molecule has 0 bridgehead atoms. The molecule has 19 nitrogen and oxygen atoms in total. The van der Waals surface area contributed by atoms with E-state index in [4.69, 9.17) is 28.4 Å². The second-order valence-corrected chi connectivity index (χ2v) is 19.0. The monoisotopic (exact) mass is 994 g/mol. The van der Waals surface area contributed by atoms with E-state index in [2.05, 4.69) is 31.3 Å². The first kappa shape index (κ1) is 61.6. The molecule has 0 spiro atoms. The van der Waals surface area contributed by atoms with Crippen molar-refractivity contribution in [1.29, 1.82) is 0 Å². The fraction of sp³-hybridized carbons (Fsp3) is 0.900. The topological polar surface area (TPSA) is 307 Å². The number of allylic oxidation sites excluding steroid dienone is 3. The van der Waals surface area contributed by atoms with Crippen LogP contribution in [0.15, 0.2) is 24.3 Å². The number of amides is 1. The second-order valence-electron chi connectivity index (χ2n) is 19.0. The van der Waals surface area contributed by atoms with Crippen LogP contribution in [0.2, 0.25) is 0 Å². The van der Waals surface area contributed by atoms with Crippen molar-refractivity contribution in [2.75, 3.05) is 26.4 Å². The number of unbranched alkanes of at least 4 members (excludes halogenated alkanes) is 18. The Labute approximate surface area is 409 Å². The summed E-state index contributed by atoms with van der Waals surface area (Å²) < 4.78 is 34.0. The molecule has 1 amide bonds. The van der Waals surface area contributed by atoms with Crippen LogP contribution in [0.4, 0.5) is 0 Å². The molecular weight excluding hydrogens is 903 g/mol. The van der Waals surface area contributed by atoms with Crippen LogP contribution in [0.25, 0.3) is 0 Å². The van der Waals surface area contributed by atoms with Crippen LogP contribution in [0.1, 0.15) is 155 Å². The lowest BCUT2D eigenvalue weighted by molar-refractivity contribution is -0.379. The van der Waals surface area contributed by atoms with E-state index >= 15 is 0 Å². The smallest absolute Gasteiger partial charge is 0.220 e. The summed E-state index contributed by atoms with van der Waals surface area (Å²) in [6.07, 6.45) is 4.98. The van der Waals surface area contributed by atoms with Gasteiger partial charge in [0.15, 0.2) is 18.9 Å². The normalized spacial score (nSPS) is 33.0. The van der Waals surface area contributed by atoms with Crippen LogP contribution in [-0.2, 0) is 33.2 Å². The van der Waals surface area contributed by atoms with Crippen LogP contribution in [0.5, 0.6) is 0 Å². The number of nitrogens with one attached hydrogen (secondary N) is 1. The molecule has 3 aliphatic rings. The minimum Gasteiger partial charge on any atom is -0.394 e. The average molecular weight is 994 g/mol. The summed E-state index contributed by atoms with van der Waals surface area (Å²) in [5.41, 5.74) is 0. The van der Waals surface area contributed by atoms with Gasteiger partial charge in [-0.1, -0.05) is 147 Å². The number of aliphatic hydroxyl groups excluding tert-OH is 11. The number of rotatable bonds is 36. The summed E-state index contributed by atoms with van der Waals surface area (Å²) in [4.78, 5) is 13.2. The van der Waals surface area contributed by atoms with E-state index in [-0.39, 0.29) is 18.9 Å². The van der Waals surface area contributed by atoms with E-state index in [0.29, 0.717) is 12.8 Å². The minimum absolute atomic E-state index is 0.238. The lowest BCUT2D eigenvalue weighted by Crippen LogP contribution is -2.66. The molecule has 0 aliphatic carbocycles. The predicted molar refractivity (Wildman–Crippen MR) is 254 cm³/mol. The average Bonchev–Trinajstić information content (AvgIpc) is 3.34. The Morgan fingerprint density at radius 3 is 1.43 bits per heavy atom. The zero-order valence-corrected chi connectivity index (χ0v) is 41.3. The molecule has 0 aromatic carbocycles.